The molecule has 2 aromatic heterocycles. The molecule has 2 rings (SSSR count). The highest BCUT2D eigenvalue weighted by Gasteiger charge is 1.97. The third-order valence-electron chi connectivity index (χ3n) is 2.25. The number of nitrogens with one attached hydrogen (secondary N) is 1. The lowest BCUT2D eigenvalue weighted by Crippen LogP contribution is -2.10. The van der Waals surface area contributed by atoms with E-state index in [1.54, 1.807) is 12.5 Å². The molecule has 0 aromatic carbocycles. The molecule has 90 valence electrons. The van der Waals surface area contributed by atoms with Gasteiger partial charge in [0.05, 0.1) is 12.9 Å². The molecule has 0 saturated heterocycles. The minimum absolute atomic E-state index is 0.630. The van der Waals surface area contributed by atoms with Crippen LogP contribution < -0.4 is 10.1 Å². The van der Waals surface area contributed by atoms with Crippen LogP contribution in [0.1, 0.15) is 6.92 Å². The first kappa shape index (κ1) is 11.4. The Morgan fingerprint density at radius 2 is 2.35 bits per heavy atom. The maximum absolute atomic E-state index is 5.33. The van der Waals surface area contributed by atoms with Crippen molar-refractivity contribution in [1.29, 1.82) is 0 Å². The first-order chi connectivity index (χ1) is 8.38. The number of hydrogen-bond acceptors (Lipinski definition) is 4. The largest absolute Gasteiger partial charge is 0.478 e. The summed E-state index contributed by atoms with van der Waals surface area (Å²) in [6, 6.07) is 5.71. The molecule has 0 amide bonds. The second-order valence-corrected chi connectivity index (χ2v) is 3.52. The van der Waals surface area contributed by atoms with Gasteiger partial charge in [-0.2, -0.15) is 4.98 Å². The molecule has 0 fully saturated rings. The first-order valence-electron chi connectivity index (χ1n) is 5.68. The van der Waals surface area contributed by atoms with Crippen LogP contribution >= 0.6 is 0 Å². The summed E-state index contributed by atoms with van der Waals surface area (Å²) in [7, 11) is 0. The summed E-state index contributed by atoms with van der Waals surface area (Å²) in [6.07, 6.45) is 5.51. The van der Waals surface area contributed by atoms with Crippen molar-refractivity contribution >= 4 is 5.82 Å². The molecule has 2 aromatic rings. The minimum Gasteiger partial charge on any atom is -0.478 e. The molecule has 2 heterocycles. The Kier molecular flexibility index (Phi) is 3.96. The second-order valence-electron chi connectivity index (χ2n) is 3.52. The average Bonchev–Trinajstić information content (AvgIpc) is 2.83. The van der Waals surface area contributed by atoms with E-state index in [9.17, 15) is 0 Å². The van der Waals surface area contributed by atoms with Gasteiger partial charge in [0, 0.05) is 31.5 Å². The van der Waals surface area contributed by atoms with E-state index in [1.807, 2.05) is 35.9 Å². The van der Waals surface area contributed by atoms with Crippen LogP contribution in [0.5, 0.6) is 5.88 Å². The normalized spacial score (nSPS) is 10.2. The summed E-state index contributed by atoms with van der Waals surface area (Å²) in [5, 5.41) is 3.24. The van der Waals surface area contributed by atoms with Gasteiger partial charge in [-0.25, -0.2) is 4.98 Å². The highest BCUT2D eigenvalue weighted by atomic mass is 16.5. The minimum atomic E-state index is 0.630. The van der Waals surface area contributed by atoms with Crippen LogP contribution in [0.15, 0.2) is 36.9 Å². The zero-order chi connectivity index (χ0) is 11.9. The van der Waals surface area contributed by atoms with Crippen LogP contribution in [0.3, 0.4) is 0 Å². The molecule has 0 unspecified atom stereocenters. The molecule has 0 bridgehead atoms. The fourth-order valence-corrected chi connectivity index (χ4v) is 1.47. The van der Waals surface area contributed by atoms with Gasteiger partial charge in [0.15, 0.2) is 0 Å². The van der Waals surface area contributed by atoms with E-state index in [4.69, 9.17) is 4.74 Å². The second kappa shape index (κ2) is 5.89. The molecular formula is C12H16N4O. The molecule has 0 aliphatic heterocycles. The number of ether oxygens (including phenoxy) is 1. The number of anilines is 1. The lowest BCUT2D eigenvalue weighted by molar-refractivity contribution is 0.327. The molecule has 5 nitrogen and oxygen atoms in total. The van der Waals surface area contributed by atoms with E-state index in [-0.39, 0.29) is 0 Å². The Bertz CT molecular complexity index is 442. The van der Waals surface area contributed by atoms with Crippen molar-refractivity contribution in [2.24, 2.45) is 0 Å². The topological polar surface area (TPSA) is 52.0 Å². The molecule has 5 heteroatoms. The lowest BCUT2D eigenvalue weighted by Gasteiger charge is -2.07. The Morgan fingerprint density at radius 1 is 1.41 bits per heavy atom. The summed E-state index contributed by atoms with van der Waals surface area (Å²) in [4.78, 5) is 8.31. The van der Waals surface area contributed by atoms with Gasteiger partial charge in [0.25, 0.3) is 0 Å². The summed E-state index contributed by atoms with van der Waals surface area (Å²) in [5.41, 5.74) is 0. The molecule has 0 radical (unpaired) electrons. The van der Waals surface area contributed by atoms with Crippen molar-refractivity contribution in [3.05, 3.63) is 36.9 Å². The third-order valence-corrected chi connectivity index (χ3v) is 2.25. The van der Waals surface area contributed by atoms with E-state index in [0.29, 0.717) is 12.5 Å². The summed E-state index contributed by atoms with van der Waals surface area (Å²) >= 11 is 0. The molecular weight excluding hydrogens is 216 g/mol. The van der Waals surface area contributed by atoms with Crippen molar-refractivity contribution in [2.45, 2.75) is 13.5 Å². The Balaban J connectivity index is 1.84. The van der Waals surface area contributed by atoms with Gasteiger partial charge < -0.3 is 14.6 Å². The molecule has 0 spiro atoms. The zero-order valence-corrected chi connectivity index (χ0v) is 9.84. The Hall–Kier alpha value is -2.04. The fourth-order valence-electron chi connectivity index (χ4n) is 1.47. The number of pyridine rings is 1. The van der Waals surface area contributed by atoms with Gasteiger partial charge in [-0.1, -0.05) is 6.07 Å². The average molecular weight is 232 g/mol. The molecule has 0 aliphatic carbocycles. The van der Waals surface area contributed by atoms with Crippen molar-refractivity contribution in [3.63, 3.8) is 0 Å². The molecule has 1 N–H and O–H groups in total. The van der Waals surface area contributed by atoms with Gasteiger partial charge in [0.1, 0.15) is 5.82 Å². The first-order valence-corrected chi connectivity index (χ1v) is 5.68. The van der Waals surface area contributed by atoms with Crippen molar-refractivity contribution in [2.75, 3.05) is 18.5 Å². The number of imidazole rings is 1. The highest BCUT2D eigenvalue weighted by Crippen LogP contribution is 2.10. The highest BCUT2D eigenvalue weighted by molar-refractivity contribution is 5.36. The summed E-state index contributed by atoms with van der Waals surface area (Å²) in [6.45, 7) is 4.24. The van der Waals surface area contributed by atoms with E-state index in [0.717, 1.165) is 18.9 Å². The van der Waals surface area contributed by atoms with Gasteiger partial charge in [0.2, 0.25) is 5.88 Å². The number of aromatic nitrogens is 3. The standard InChI is InChI=1S/C12H16N4O/c1-2-17-12-5-3-4-11(15-12)14-7-9-16-8-6-13-10-16/h3-6,8,10H,2,7,9H2,1H3,(H,14,15). The predicted octanol–water partition coefficient (Wildman–Crippen LogP) is 1.79. The van der Waals surface area contributed by atoms with Crippen molar-refractivity contribution < 1.29 is 4.74 Å². The zero-order valence-electron chi connectivity index (χ0n) is 9.84. The smallest absolute Gasteiger partial charge is 0.215 e. The molecule has 17 heavy (non-hydrogen) atoms. The van der Waals surface area contributed by atoms with E-state index in [2.05, 4.69) is 15.3 Å². The fraction of sp³-hybridized carbons (Fsp3) is 0.333. The van der Waals surface area contributed by atoms with Crippen LogP contribution in [0.25, 0.3) is 0 Å². The monoisotopic (exact) mass is 232 g/mol. The Morgan fingerprint density at radius 3 is 3.12 bits per heavy atom. The van der Waals surface area contributed by atoms with Gasteiger partial charge in [-0.15, -0.1) is 0 Å². The molecule has 0 aliphatic rings. The predicted molar refractivity (Wildman–Crippen MR) is 66.1 cm³/mol. The summed E-state index contributed by atoms with van der Waals surface area (Å²) in [5.74, 6) is 1.48. The van der Waals surface area contributed by atoms with Crippen LogP contribution in [-0.4, -0.2) is 27.7 Å². The SMILES string of the molecule is CCOc1cccc(NCCn2ccnc2)n1. The number of rotatable bonds is 6. The van der Waals surface area contributed by atoms with E-state index >= 15 is 0 Å². The molecule has 0 atom stereocenters. The summed E-state index contributed by atoms with van der Waals surface area (Å²) < 4.78 is 7.35. The van der Waals surface area contributed by atoms with Crippen LogP contribution in [-0.2, 0) is 6.54 Å². The van der Waals surface area contributed by atoms with Gasteiger partial charge in [-0.3, -0.25) is 0 Å². The third kappa shape index (κ3) is 3.48. The van der Waals surface area contributed by atoms with Crippen LogP contribution in [0, 0.1) is 0 Å². The maximum Gasteiger partial charge on any atom is 0.215 e. The lowest BCUT2D eigenvalue weighted by atomic mass is 10.4. The Labute approximate surface area is 100 Å². The number of hydrogen-bond donors (Lipinski definition) is 1. The van der Waals surface area contributed by atoms with E-state index < -0.39 is 0 Å². The quantitative estimate of drug-likeness (QED) is 0.825. The van der Waals surface area contributed by atoms with Crippen LogP contribution in [0.2, 0.25) is 0 Å². The van der Waals surface area contributed by atoms with Gasteiger partial charge in [-0.05, 0) is 13.0 Å². The molecule has 0 saturated carbocycles. The van der Waals surface area contributed by atoms with Crippen molar-refractivity contribution in [3.8, 4) is 5.88 Å². The maximum atomic E-state index is 5.33. The van der Waals surface area contributed by atoms with Gasteiger partial charge >= 0.3 is 0 Å². The van der Waals surface area contributed by atoms with Crippen molar-refractivity contribution in [1.82, 2.24) is 14.5 Å². The van der Waals surface area contributed by atoms with E-state index in [1.165, 1.54) is 0 Å². The van der Waals surface area contributed by atoms with Crippen LogP contribution in [0.4, 0.5) is 5.82 Å². The number of nitrogens with zero attached hydrogens (tertiary/aromatic N) is 3.